The van der Waals surface area contributed by atoms with Crippen molar-refractivity contribution in [2.45, 2.75) is 19.3 Å². The van der Waals surface area contributed by atoms with Crippen molar-refractivity contribution in [3.63, 3.8) is 0 Å². The maximum absolute atomic E-state index is 8.75. The molecule has 0 aromatic carbocycles. The van der Waals surface area contributed by atoms with Gasteiger partial charge in [0, 0.05) is 12.1 Å². The number of nitriles is 1. The smallest absolute Gasteiger partial charge is 0.101 e. The van der Waals surface area contributed by atoms with E-state index in [9.17, 15) is 0 Å². The summed E-state index contributed by atoms with van der Waals surface area (Å²) in [6.45, 7) is 5.96. The Balaban J connectivity index is 3.07. The van der Waals surface area contributed by atoms with Gasteiger partial charge >= 0.3 is 0 Å². The van der Waals surface area contributed by atoms with Crippen LogP contribution in [0.1, 0.15) is 30.5 Å². The molecule has 1 rings (SSSR count). The molecule has 0 amide bonds. The standard InChI is InChI=1S/C10H11N2/c1-3-8(2)10-9(7-11)5-4-6-12-10/h4-6,8H,2-3H2,1H3. The molecule has 1 aromatic heterocycles. The first-order valence-corrected chi connectivity index (χ1v) is 3.97. The molecule has 0 aliphatic heterocycles. The van der Waals surface area contributed by atoms with Crippen molar-refractivity contribution in [1.82, 2.24) is 4.98 Å². The number of rotatable bonds is 2. The number of nitrogens with zero attached hydrogens (tertiary/aromatic N) is 2. The van der Waals surface area contributed by atoms with Crippen molar-refractivity contribution in [2.24, 2.45) is 0 Å². The second-order valence-corrected chi connectivity index (χ2v) is 2.65. The van der Waals surface area contributed by atoms with Crippen LogP contribution in [0, 0.1) is 18.3 Å². The van der Waals surface area contributed by atoms with Gasteiger partial charge < -0.3 is 0 Å². The third kappa shape index (κ3) is 1.62. The molecule has 0 saturated heterocycles. The van der Waals surface area contributed by atoms with Gasteiger partial charge in [-0.15, -0.1) is 0 Å². The summed E-state index contributed by atoms with van der Waals surface area (Å²) in [7, 11) is 0. The molecular weight excluding hydrogens is 148 g/mol. The molecule has 0 spiro atoms. The van der Waals surface area contributed by atoms with Crippen molar-refractivity contribution >= 4 is 0 Å². The van der Waals surface area contributed by atoms with E-state index in [1.807, 2.05) is 6.92 Å². The molecule has 0 fully saturated rings. The third-order valence-corrected chi connectivity index (χ3v) is 1.84. The Kier molecular flexibility index (Phi) is 2.82. The monoisotopic (exact) mass is 159 g/mol. The maximum Gasteiger partial charge on any atom is 0.101 e. The zero-order valence-corrected chi connectivity index (χ0v) is 7.12. The lowest BCUT2D eigenvalue weighted by atomic mass is 10.0. The fourth-order valence-corrected chi connectivity index (χ4v) is 1.03. The van der Waals surface area contributed by atoms with Gasteiger partial charge in [-0.25, -0.2) is 0 Å². The van der Waals surface area contributed by atoms with E-state index in [2.05, 4.69) is 18.0 Å². The number of pyridine rings is 1. The number of aromatic nitrogens is 1. The highest BCUT2D eigenvalue weighted by atomic mass is 14.7. The topological polar surface area (TPSA) is 36.7 Å². The minimum atomic E-state index is 0.126. The lowest BCUT2D eigenvalue weighted by molar-refractivity contribution is 0.768. The van der Waals surface area contributed by atoms with Crippen LogP contribution in [0.25, 0.3) is 0 Å². The fourth-order valence-electron chi connectivity index (χ4n) is 1.03. The average Bonchev–Trinajstić information content (AvgIpc) is 2.16. The van der Waals surface area contributed by atoms with E-state index in [0.29, 0.717) is 5.56 Å². The van der Waals surface area contributed by atoms with Crippen LogP contribution in [0.5, 0.6) is 0 Å². The first-order valence-electron chi connectivity index (χ1n) is 3.97. The summed E-state index contributed by atoms with van der Waals surface area (Å²) in [5, 5.41) is 8.75. The Bertz CT molecular complexity index is 299. The molecule has 0 aliphatic carbocycles. The van der Waals surface area contributed by atoms with Gasteiger partial charge in [0.1, 0.15) is 6.07 Å². The normalized spacial score (nSPS) is 12.1. The van der Waals surface area contributed by atoms with E-state index in [1.54, 1.807) is 18.3 Å². The van der Waals surface area contributed by atoms with E-state index in [0.717, 1.165) is 12.1 Å². The van der Waals surface area contributed by atoms with E-state index in [1.165, 1.54) is 0 Å². The summed E-state index contributed by atoms with van der Waals surface area (Å²) in [6.07, 6.45) is 2.61. The summed E-state index contributed by atoms with van der Waals surface area (Å²) < 4.78 is 0. The van der Waals surface area contributed by atoms with Gasteiger partial charge in [0.25, 0.3) is 0 Å². The predicted octanol–water partition coefficient (Wildman–Crippen LogP) is 2.28. The molecule has 1 aromatic rings. The average molecular weight is 159 g/mol. The molecule has 1 radical (unpaired) electrons. The minimum Gasteiger partial charge on any atom is -0.260 e. The van der Waals surface area contributed by atoms with Crippen LogP contribution < -0.4 is 0 Å². The van der Waals surface area contributed by atoms with E-state index >= 15 is 0 Å². The molecule has 12 heavy (non-hydrogen) atoms. The van der Waals surface area contributed by atoms with Crippen molar-refractivity contribution in [3.8, 4) is 6.07 Å². The molecule has 0 aliphatic rings. The molecule has 0 N–H and O–H groups in total. The van der Waals surface area contributed by atoms with E-state index in [-0.39, 0.29) is 5.92 Å². The van der Waals surface area contributed by atoms with Gasteiger partial charge in [0.2, 0.25) is 0 Å². The first kappa shape index (κ1) is 8.73. The molecule has 1 heterocycles. The van der Waals surface area contributed by atoms with Crippen LogP contribution in [0.3, 0.4) is 0 Å². The number of hydrogen-bond acceptors (Lipinski definition) is 2. The Morgan fingerprint density at radius 1 is 1.75 bits per heavy atom. The van der Waals surface area contributed by atoms with Crippen LogP contribution in [0.4, 0.5) is 0 Å². The second-order valence-electron chi connectivity index (χ2n) is 2.65. The molecule has 1 atom stereocenters. The Morgan fingerprint density at radius 3 is 3.08 bits per heavy atom. The quantitative estimate of drug-likeness (QED) is 0.663. The van der Waals surface area contributed by atoms with Crippen LogP contribution in [-0.4, -0.2) is 4.98 Å². The van der Waals surface area contributed by atoms with E-state index < -0.39 is 0 Å². The molecular formula is C10H11N2. The second kappa shape index (κ2) is 3.87. The lowest BCUT2D eigenvalue weighted by Crippen LogP contribution is -1.98. The number of hydrogen-bond donors (Lipinski definition) is 0. The highest BCUT2D eigenvalue weighted by Crippen LogP contribution is 2.18. The Hall–Kier alpha value is -1.36. The van der Waals surface area contributed by atoms with Crippen LogP contribution in [0.2, 0.25) is 0 Å². The first-order chi connectivity index (χ1) is 5.79. The highest BCUT2D eigenvalue weighted by Gasteiger charge is 2.08. The van der Waals surface area contributed by atoms with Gasteiger partial charge in [-0.1, -0.05) is 6.92 Å². The predicted molar refractivity (Wildman–Crippen MR) is 47.3 cm³/mol. The van der Waals surface area contributed by atoms with Gasteiger partial charge in [-0.2, -0.15) is 5.26 Å². The molecule has 2 heteroatoms. The molecule has 0 saturated carbocycles. The van der Waals surface area contributed by atoms with E-state index in [4.69, 9.17) is 5.26 Å². The van der Waals surface area contributed by atoms with Gasteiger partial charge in [0.15, 0.2) is 0 Å². The van der Waals surface area contributed by atoms with Crippen LogP contribution >= 0.6 is 0 Å². The van der Waals surface area contributed by atoms with Crippen molar-refractivity contribution in [3.05, 3.63) is 36.5 Å². The Morgan fingerprint density at radius 2 is 2.50 bits per heavy atom. The van der Waals surface area contributed by atoms with Crippen molar-refractivity contribution in [1.29, 1.82) is 5.26 Å². The molecule has 1 unspecified atom stereocenters. The third-order valence-electron chi connectivity index (χ3n) is 1.84. The molecule has 0 bridgehead atoms. The summed E-state index contributed by atoms with van der Waals surface area (Å²) in [5.74, 6) is 0.126. The van der Waals surface area contributed by atoms with Crippen molar-refractivity contribution < 1.29 is 0 Å². The van der Waals surface area contributed by atoms with Crippen molar-refractivity contribution in [2.75, 3.05) is 0 Å². The zero-order valence-electron chi connectivity index (χ0n) is 7.12. The Labute approximate surface area is 72.9 Å². The van der Waals surface area contributed by atoms with Crippen LogP contribution in [-0.2, 0) is 0 Å². The maximum atomic E-state index is 8.75. The molecule has 61 valence electrons. The van der Waals surface area contributed by atoms with Crippen LogP contribution in [0.15, 0.2) is 18.3 Å². The lowest BCUT2D eigenvalue weighted by Gasteiger charge is -2.07. The molecule has 2 nitrogen and oxygen atoms in total. The summed E-state index contributed by atoms with van der Waals surface area (Å²) in [4.78, 5) is 4.14. The zero-order chi connectivity index (χ0) is 8.97. The fraction of sp³-hybridized carbons (Fsp3) is 0.300. The summed E-state index contributed by atoms with van der Waals surface area (Å²) in [5.41, 5.74) is 1.45. The minimum absolute atomic E-state index is 0.126. The van der Waals surface area contributed by atoms with Gasteiger partial charge in [-0.05, 0) is 25.5 Å². The van der Waals surface area contributed by atoms with Gasteiger partial charge in [-0.3, -0.25) is 4.98 Å². The SMILES string of the molecule is [CH2]C(CC)c1ncccc1C#N. The summed E-state index contributed by atoms with van der Waals surface area (Å²) in [6, 6.07) is 5.65. The largest absolute Gasteiger partial charge is 0.260 e. The summed E-state index contributed by atoms with van der Waals surface area (Å²) >= 11 is 0. The van der Waals surface area contributed by atoms with Gasteiger partial charge in [0.05, 0.1) is 11.3 Å². The highest BCUT2D eigenvalue weighted by molar-refractivity contribution is 5.34.